The highest BCUT2D eigenvalue weighted by atomic mass is 15.1. The number of aryl methyl sites for hydroxylation is 1. The number of benzene rings is 1. The van der Waals surface area contributed by atoms with E-state index in [9.17, 15) is 0 Å². The van der Waals surface area contributed by atoms with Gasteiger partial charge in [-0.25, -0.2) is 0 Å². The summed E-state index contributed by atoms with van der Waals surface area (Å²) >= 11 is 0. The molecule has 2 aromatic rings. The van der Waals surface area contributed by atoms with E-state index in [1.165, 1.54) is 42.4 Å². The first-order chi connectivity index (χ1) is 9.86. The molecule has 2 heterocycles. The number of piperidine rings is 1. The lowest BCUT2D eigenvalue weighted by atomic mass is 9.85. The van der Waals surface area contributed by atoms with Crippen LogP contribution in [0.3, 0.4) is 0 Å². The number of hydrogen-bond donors (Lipinski definition) is 0. The number of rotatable bonds is 1. The van der Waals surface area contributed by atoms with Crippen molar-refractivity contribution in [3.8, 4) is 0 Å². The molecule has 1 aromatic carbocycles. The first kappa shape index (κ1) is 14.6. The van der Waals surface area contributed by atoms with Crippen molar-refractivity contribution in [2.24, 2.45) is 7.05 Å². The van der Waals surface area contributed by atoms with E-state index in [2.05, 4.69) is 68.7 Å². The van der Waals surface area contributed by atoms with Crippen molar-refractivity contribution in [3.05, 3.63) is 35.5 Å². The number of fused-ring (bicyclic) bond motifs is 1. The molecule has 0 bridgehead atoms. The Bertz CT molecular complexity index is 637. The Morgan fingerprint density at radius 1 is 1.05 bits per heavy atom. The van der Waals surface area contributed by atoms with E-state index in [0.717, 1.165) is 5.92 Å². The molecular formula is C19H28N2. The van der Waals surface area contributed by atoms with Crippen LogP contribution in [0.2, 0.25) is 0 Å². The normalized spacial score (nSPS) is 18.5. The molecule has 1 aromatic heterocycles. The quantitative estimate of drug-likeness (QED) is 0.758. The predicted molar refractivity (Wildman–Crippen MR) is 91.1 cm³/mol. The highest BCUT2D eigenvalue weighted by Crippen LogP contribution is 2.35. The van der Waals surface area contributed by atoms with Crippen LogP contribution in [-0.4, -0.2) is 29.6 Å². The van der Waals surface area contributed by atoms with Gasteiger partial charge in [-0.1, -0.05) is 32.9 Å². The van der Waals surface area contributed by atoms with E-state index in [0.29, 0.717) is 0 Å². The van der Waals surface area contributed by atoms with Crippen molar-refractivity contribution in [2.45, 2.75) is 44.9 Å². The van der Waals surface area contributed by atoms with Crippen LogP contribution in [0.25, 0.3) is 10.9 Å². The molecule has 1 aliphatic rings. The minimum absolute atomic E-state index is 0.214. The van der Waals surface area contributed by atoms with Crippen molar-refractivity contribution in [2.75, 3.05) is 20.1 Å². The largest absolute Gasteiger partial charge is 0.350 e. The smallest absolute Gasteiger partial charge is 0.0483 e. The maximum atomic E-state index is 2.44. The van der Waals surface area contributed by atoms with E-state index >= 15 is 0 Å². The minimum Gasteiger partial charge on any atom is -0.350 e. The lowest BCUT2D eigenvalue weighted by Crippen LogP contribution is -2.29. The van der Waals surface area contributed by atoms with Crippen molar-refractivity contribution in [1.82, 2.24) is 9.47 Å². The van der Waals surface area contributed by atoms with Crippen LogP contribution in [0, 0.1) is 0 Å². The maximum absolute atomic E-state index is 2.44. The van der Waals surface area contributed by atoms with Crippen LogP contribution >= 0.6 is 0 Å². The molecule has 0 spiro atoms. The SMILES string of the molecule is CN1CCC(c2cn(C)c3cc(C(C)(C)C)ccc23)CC1. The fourth-order valence-electron chi connectivity index (χ4n) is 3.53. The first-order valence-electron chi connectivity index (χ1n) is 8.14. The molecule has 2 nitrogen and oxygen atoms in total. The number of hydrogen-bond acceptors (Lipinski definition) is 1. The first-order valence-corrected chi connectivity index (χ1v) is 8.14. The number of likely N-dealkylation sites (tertiary alicyclic amines) is 1. The summed E-state index contributed by atoms with van der Waals surface area (Å²) in [7, 11) is 4.42. The van der Waals surface area contributed by atoms with Gasteiger partial charge in [0.2, 0.25) is 0 Å². The van der Waals surface area contributed by atoms with Gasteiger partial charge in [-0.05, 0) is 61.5 Å². The van der Waals surface area contributed by atoms with Crippen LogP contribution in [0.4, 0.5) is 0 Å². The number of nitrogens with zero attached hydrogens (tertiary/aromatic N) is 2. The summed E-state index contributed by atoms with van der Waals surface area (Å²) in [5.74, 6) is 0.727. The van der Waals surface area contributed by atoms with Crippen LogP contribution in [-0.2, 0) is 12.5 Å². The van der Waals surface area contributed by atoms with E-state index in [-0.39, 0.29) is 5.41 Å². The van der Waals surface area contributed by atoms with Crippen molar-refractivity contribution < 1.29 is 0 Å². The zero-order valence-corrected chi connectivity index (χ0v) is 14.1. The molecule has 0 saturated carbocycles. The second-order valence-electron chi connectivity index (χ2n) is 7.75. The van der Waals surface area contributed by atoms with Gasteiger partial charge in [0.1, 0.15) is 0 Å². The van der Waals surface area contributed by atoms with Crippen molar-refractivity contribution in [3.63, 3.8) is 0 Å². The Kier molecular flexibility index (Phi) is 3.61. The monoisotopic (exact) mass is 284 g/mol. The summed E-state index contributed by atoms with van der Waals surface area (Å²) in [6, 6.07) is 7.05. The zero-order valence-electron chi connectivity index (χ0n) is 14.1. The molecule has 0 unspecified atom stereocenters. The van der Waals surface area contributed by atoms with Crippen LogP contribution < -0.4 is 0 Å². The average molecular weight is 284 g/mol. The highest BCUT2D eigenvalue weighted by Gasteiger charge is 2.22. The molecule has 0 amide bonds. The molecule has 0 radical (unpaired) electrons. The zero-order chi connectivity index (χ0) is 15.2. The average Bonchev–Trinajstić information content (AvgIpc) is 2.76. The van der Waals surface area contributed by atoms with Crippen molar-refractivity contribution >= 4 is 10.9 Å². The van der Waals surface area contributed by atoms with Gasteiger partial charge >= 0.3 is 0 Å². The Hall–Kier alpha value is -1.28. The molecule has 1 saturated heterocycles. The fraction of sp³-hybridized carbons (Fsp3) is 0.579. The fourth-order valence-corrected chi connectivity index (χ4v) is 3.53. The summed E-state index contributed by atoms with van der Waals surface area (Å²) in [6.45, 7) is 9.31. The summed E-state index contributed by atoms with van der Waals surface area (Å²) in [6.07, 6.45) is 4.94. The van der Waals surface area contributed by atoms with Gasteiger partial charge in [0.25, 0.3) is 0 Å². The standard InChI is InChI=1S/C19H28N2/c1-19(2,3)15-6-7-16-17(13-21(5)18(16)12-15)14-8-10-20(4)11-9-14/h6-7,12-14H,8-11H2,1-5H3. The Morgan fingerprint density at radius 3 is 2.33 bits per heavy atom. The molecule has 21 heavy (non-hydrogen) atoms. The van der Waals surface area contributed by atoms with Crippen molar-refractivity contribution in [1.29, 1.82) is 0 Å². The molecule has 0 aliphatic carbocycles. The summed E-state index contributed by atoms with van der Waals surface area (Å²) in [5.41, 5.74) is 4.58. The Labute approximate surface area is 128 Å². The van der Waals surface area contributed by atoms with Crippen LogP contribution in [0.5, 0.6) is 0 Å². The molecule has 1 fully saturated rings. The van der Waals surface area contributed by atoms with E-state index in [4.69, 9.17) is 0 Å². The second-order valence-corrected chi connectivity index (χ2v) is 7.75. The van der Waals surface area contributed by atoms with E-state index in [1.54, 1.807) is 5.56 Å². The predicted octanol–water partition coefficient (Wildman–Crippen LogP) is 4.29. The third-order valence-electron chi connectivity index (χ3n) is 5.05. The Balaban J connectivity index is 2.02. The van der Waals surface area contributed by atoms with Gasteiger partial charge in [-0.15, -0.1) is 0 Å². The second kappa shape index (κ2) is 5.17. The molecule has 1 aliphatic heterocycles. The molecule has 2 heteroatoms. The van der Waals surface area contributed by atoms with Crippen LogP contribution in [0.1, 0.15) is 50.7 Å². The van der Waals surface area contributed by atoms with E-state index < -0.39 is 0 Å². The van der Waals surface area contributed by atoms with Crippen LogP contribution in [0.15, 0.2) is 24.4 Å². The van der Waals surface area contributed by atoms with Gasteiger partial charge in [-0.3, -0.25) is 0 Å². The number of aromatic nitrogens is 1. The van der Waals surface area contributed by atoms with Gasteiger partial charge in [0.15, 0.2) is 0 Å². The maximum Gasteiger partial charge on any atom is 0.0483 e. The molecule has 0 N–H and O–H groups in total. The third-order valence-corrected chi connectivity index (χ3v) is 5.05. The summed E-state index contributed by atoms with van der Waals surface area (Å²) in [5, 5.41) is 1.46. The lowest BCUT2D eigenvalue weighted by molar-refractivity contribution is 0.256. The highest BCUT2D eigenvalue weighted by molar-refractivity contribution is 5.85. The van der Waals surface area contributed by atoms with Gasteiger partial charge in [-0.2, -0.15) is 0 Å². The van der Waals surface area contributed by atoms with E-state index in [1.807, 2.05) is 0 Å². The Morgan fingerprint density at radius 2 is 1.71 bits per heavy atom. The summed E-state index contributed by atoms with van der Waals surface area (Å²) in [4.78, 5) is 2.44. The molecule has 3 rings (SSSR count). The topological polar surface area (TPSA) is 8.17 Å². The van der Waals surface area contributed by atoms with Gasteiger partial charge in [0.05, 0.1) is 0 Å². The lowest BCUT2D eigenvalue weighted by Gasteiger charge is -2.28. The molecule has 114 valence electrons. The molecule has 0 atom stereocenters. The molecular weight excluding hydrogens is 256 g/mol. The summed E-state index contributed by atoms with van der Waals surface area (Å²) < 4.78 is 2.32. The van der Waals surface area contributed by atoms with Gasteiger partial charge < -0.3 is 9.47 Å². The van der Waals surface area contributed by atoms with Gasteiger partial charge in [0, 0.05) is 24.1 Å². The minimum atomic E-state index is 0.214. The third kappa shape index (κ3) is 2.74.